The van der Waals surface area contributed by atoms with Gasteiger partial charge in [0, 0.05) is 6.54 Å². The van der Waals surface area contributed by atoms with Crippen molar-refractivity contribution in [1.82, 2.24) is 5.32 Å². The molecule has 0 radical (unpaired) electrons. The van der Waals surface area contributed by atoms with Crippen LogP contribution in [0.15, 0.2) is 18.2 Å². The van der Waals surface area contributed by atoms with Gasteiger partial charge in [0.25, 0.3) is 0 Å². The first-order valence-corrected chi connectivity index (χ1v) is 7.15. The fourth-order valence-electron chi connectivity index (χ4n) is 1.43. The van der Waals surface area contributed by atoms with E-state index in [0.717, 1.165) is 0 Å². The van der Waals surface area contributed by atoms with Crippen molar-refractivity contribution in [2.24, 2.45) is 0 Å². The summed E-state index contributed by atoms with van der Waals surface area (Å²) in [7, 11) is -2.46. The van der Waals surface area contributed by atoms with Crippen LogP contribution in [0.3, 0.4) is 0 Å². The lowest BCUT2D eigenvalue weighted by Crippen LogP contribution is -2.33. The van der Waals surface area contributed by atoms with E-state index < -0.39 is 38.5 Å². The Morgan fingerprint density at radius 1 is 1.30 bits per heavy atom. The molecule has 2 N–H and O–H groups in total. The summed E-state index contributed by atoms with van der Waals surface area (Å²) in [5.74, 6) is -1.07. The molecule has 0 aliphatic heterocycles. The molecule has 1 aromatic carbocycles. The number of anilines is 1. The van der Waals surface area contributed by atoms with Gasteiger partial charge in [0.1, 0.15) is 5.82 Å². The Hall–Kier alpha value is -1.35. The number of hydrogen-bond acceptors (Lipinski definition) is 3. The maximum absolute atomic E-state index is 13.4. The summed E-state index contributed by atoms with van der Waals surface area (Å²) >= 11 is 0. The largest absolute Gasteiger partial charge is 0.416 e. The van der Waals surface area contributed by atoms with E-state index in [1.54, 1.807) is 0 Å². The van der Waals surface area contributed by atoms with Crippen LogP contribution in [0, 0.1) is 5.82 Å². The average molecular weight is 314 g/mol. The minimum Gasteiger partial charge on any atom is -0.318 e. The molecule has 0 aliphatic carbocycles. The van der Waals surface area contributed by atoms with Crippen molar-refractivity contribution in [3.63, 3.8) is 0 Å². The van der Waals surface area contributed by atoms with Crippen LogP contribution in [-0.2, 0) is 16.2 Å². The lowest BCUT2D eigenvalue weighted by molar-refractivity contribution is -0.137. The lowest BCUT2D eigenvalue weighted by Gasteiger charge is -2.16. The van der Waals surface area contributed by atoms with Crippen LogP contribution in [-0.4, -0.2) is 27.3 Å². The number of halogens is 4. The lowest BCUT2D eigenvalue weighted by atomic mass is 10.2. The molecule has 0 amide bonds. The van der Waals surface area contributed by atoms with Crippen molar-refractivity contribution in [3.05, 3.63) is 29.6 Å². The molecule has 0 aliphatic rings. The van der Waals surface area contributed by atoms with Crippen LogP contribution in [0.4, 0.5) is 23.2 Å². The third kappa shape index (κ3) is 4.07. The Morgan fingerprint density at radius 3 is 2.40 bits per heavy atom. The van der Waals surface area contributed by atoms with E-state index in [1.165, 1.54) is 14.0 Å². The number of rotatable bonds is 5. The molecule has 4 nitrogen and oxygen atoms in total. The number of alkyl halides is 3. The molecule has 0 heterocycles. The van der Waals surface area contributed by atoms with Crippen LogP contribution in [0.2, 0.25) is 0 Å². The van der Waals surface area contributed by atoms with E-state index in [-0.39, 0.29) is 6.54 Å². The maximum Gasteiger partial charge on any atom is 0.416 e. The first-order chi connectivity index (χ1) is 9.08. The van der Waals surface area contributed by atoms with Gasteiger partial charge < -0.3 is 5.32 Å². The molecule has 9 heteroatoms. The first-order valence-electron chi connectivity index (χ1n) is 5.61. The summed E-state index contributed by atoms with van der Waals surface area (Å²) in [4.78, 5) is 0. The smallest absolute Gasteiger partial charge is 0.318 e. The van der Waals surface area contributed by atoms with Gasteiger partial charge >= 0.3 is 6.18 Å². The molecule has 20 heavy (non-hydrogen) atoms. The average Bonchev–Trinajstić information content (AvgIpc) is 2.30. The highest BCUT2D eigenvalue weighted by molar-refractivity contribution is 7.93. The number of benzene rings is 1. The molecule has 0 fully saturated rings. The van der Waals surface area contributed by atoms with Crippen molar-refractivity contribution in [2.45, 2.75) is 18.3 Å². The SMILES string of the molecule is CNCC(C)S(=O)(=O)Nc1cc(C(F)(F)F)ccc1F. The van der Waals surface area contributed by atoms with Crippen molar-refractivity contribution < 1.29 is 26.0 Å². The quantitative estimate of drug-likeness (QED) is 0.819. The second kappa shape index (κ2) is 5.96. The van der Waals surface area contributed by atoms with Crippen molar-refractivity contribution in [1.29, 1.82) is 0 Å². The predicted octanol–water partition coefficient (Wildman–Crippen LogP) is 2.19. The van der Waals surface area contributed by atoms with Crippen LogP contribution in [0.25, 0.3) is 0 Å². The summed E-state index contributed by atoms with van der Waals surface area (Å²) in [6, 6.07) is 1.55. The van der Waals surface area contributed by atoms with Gasteiger partial charge in [-0.25, -0.2) is 12.8 Å². The third-order valence-corrected chi connectivity index (χ3v) is 4.30. The zero-order chi connectivity index (χ0) is 15.6. The molecule has 1 rings (SSSR count). The van der Waals surface area contributed by atoms with Gasteiger partial charge in [0.2, 0.25) is 10.0 Å². The molecule has 0 spiro atoms. The molecule has 0 saturated heterocycles. The Bertz CT molecular complexity index is 572. The van der Waals surface area contributed by atoms with Gasteiger partial charge in [-0.2, -0.15) is 13.2 Å². The Balaban J connectivity index is 3.09. The first kappa shape index (κ1) is 16.7. The molecular weight excluding hydrogens is 300 g/mol. The molecule has 0 saturated carbocycles. The molecule has 1 atom stereocenters. The van der Waals surface area contributed by atoms with Crippen LogP contribution >= 0.6 is 0 Å². The van der Waals surface area contributed by atoms with E-state index in [1.807, 2.05) is 4.72 Å². The normalized spacial score (nSPS) is 14.1. The van der Waals surface area contributed by atoms with Gasteiger partial charge in [-0.05, 0) is 32.2 Å². The minimum atomic E-state index is -4.68. The Kier molecular flexibility index (Phi) is 4.98. The van der Waals surface area contributed by atoms with Crippen LogP contribution in [0.5, 0.6) is 0 Å². The van der Waals surface area contributed by atoms with Crippen molar-refractivity contribution in [3.8, 4) is 0 Å². The molecule has 1 unspecified atom stereocenters. The van der Waals surface area contributed by atoms with E-state index in [0.29, 0.717) is 18.2 Å². The van der Waals surface area contributed by atoms with Gasteiger partial charge in [0.05, 0.1) is 16.5 Å². The molecule has 1 aromatic rings. The highest BCUT2D eigenvalue weighted by Gasteiger charge is 2.32. The Morgan fingerprint density at radius 2 is 1.90 bits per heavy atom. The predicted molar refractivity (Wildman–Crippen MR) is 67.3 cm³/mol. The second-order valence-corrected chi connectivity index (χ2v) is 6.31. The van der Waals surface area contributed by atoms with Crippen molar-refractivity contribution >= 4 is 15.7 Å². The third-order valence-electron chi connectivity index (χ3n) is 2.57. The number of hydrogen-bond donors (Lipinski definition) is 2. The summed E-state index contributed by atoms with van der Waals surface area (Å²) in [5, 5.41) is 1.69. The Labute approximate surface area is 114 Å². The summed E-state index contributed by atoms with van der Waals surface area (Å²) in [5.41, 5.74) is -1.85. The highest BCUT2D eigenvalue weighted by Crippen LogP contribution is 2.32. The molecular formula is C11H14F4N2O2S. The van der Waals surface area contributed by atoms with E-state index in [2.05, 4.69) is 5.32 Å². The second-order valence-electron chi connectivity index (χ2n) is 4.21. The molecule has 114 valence electrons. The maximum atomic E-state index is 13.4. The summed E-state index contributed by atoms with van der Waals surface area (Å²) in [6.45, 7) is 1.43. The van der Waals surface area contributed by atoms with Crippen LogP contribution in [0.1, 0.15) is 12.5 Å². The highest BCUT2D eigenvalue weighted by atomic mass is 32.2. The molecule has 0 aromatic heterocycles. The van der Waals surface area contributed by atoms with Gasteiger partial charge in [-0.1, -0.05) is 0 Å². The van der Waals surface area contributed by atoms with Crippen LogP contribution < -0.4 is 10.0 Å². The fourth-order valence-corrected chi connectivity index (χ4v) is 2.48. The van der Waals surface area contributed by atoms with E-state index >= 15 is 0 Å². The zero-order valence-corrected chi connectivity index (χ0v) is 11.6. The number of sulfonamides is 1. The van der Waals surface area contributed by atoms with E-state index in [4.69, 9.17) is 0 Å². The van der Waals surface area contributed by atoms with Gasteiger partial charge in [0.15, 0.2) is 0 Å². The number of nitrogens with one attached hydrogen (secondary N) is 2. The topological polar surface area (TPSA) is 58.2 Å². The zero-order valence-electron chi connectivity index (χ0n) is 10.8. The summed E-state index contributed by atoms with van der Waals surface area (Å²) < 4.78 is 76.4. The van der Waals surface area contributed by atoms with Crippen molar-refractivity contribution in [2.75, 3.05) is 18.3 Å². The van der Waals surface area contributed by atoms with Gasteiger partial charge in [-0.3, -0.25) is 4.72 Å². The minimum absolute atomic E-state index is 0.0793. The fraction of sp³-hybridized carbons (Fsp3) is 0.455. The summed E-state index contributed by atoms with van der Waals surface area (Å²) in [6.07, 6.45) is -4.68. The molecule has 0 bridgehead atoms. The van der Waals surface area contributed by atoms with Gasteiger partial charge in [-0.15, -0.1) is 0 Å². The van der Waals surface area contributed by atoms with E-state index in [9.17, 15) is 26.0 Å². The monoisotopic (exact) mass is 314 g/mol. The standard InChI is InChI=1S/C11H14F4N2O2S/c1-7(6-16-2)20(18,19)17-10-5-8(11(13,14)15)3-4-9(10)12/h3-5,7,16-17H,6H2,1-2H3.